The molecule has 12 heavy (non-hydrogen) atoms. The highest BCUT2D eigenvalue weighted by atomic mass is 16.6. The van der Waals surface area contributed by atoms with Crippen LogP contribution in [0.2, 0.25) is 0 Å². The molecule has 5 nitrogen and oxygen atoms in total. The Morgan fingerprint density at radius 2 is 2.50 bits per heavy atom. The first-order valence-electron chi connectivity index (χ1n) is 3.64. The van der Waals surface area contributed by atoms with E-state index in [-0.39, 0.29) is 6.10 Å². The Balaban J connectivity index is 2.43. The summed E-state index contributed by atoms with van der Waals surface area (Å²) in [6.45, 7) is 1.00. The Morgan fingerprint density at radius 3 is 2.92 bits per heavy atom. The molecule has 0 bridgehead atoms. The van der Waals surface area contributed by atoms with Crippen molar-refractivity contribution < 1.29 is 24.2 Å². The number of cyclic esters (lactones) is 1. The van der Waals surface area contributed by atoms with Crippen molar-refractivity contribution in [3.05, 3.63) is 0 Å². The molecule has 68 valence electrons. The van der Waals surface area contributed by atoms with Crippen molar-refractivity contribution in [2.45, 2.75) is 25.6 Å². The largest absolute Gasteiger partial charge is 0.460 e. The lowest BCUT2D eigenvalue weighted by Gasteiger charge is -2.05. The molecule has 0 spiro atoms. The molecule has 0 aromatic rings. The number of rotatable bonds is 2. The lowest BCUT2D eigenvalue weighted by atomic mass is 10.2. The molecule has 0 amide bonds. The molecule has 5 heteroatoms. The van der Waals surface area contributed by atoms with Crippen LogP contribution in [0, 0.1) is 0 Å². The van der Waals surface area contributed by atoms with Gasteiger partial charge in [-0.05, 0) is 6.92 Å². The van der Waals surface area contributed by atoms with Crippen LogP contribution in [0.15, 0.2) is 0 Å². The van der Waals surface area contributed by atoms with E-state index >= 15 is 0 Å². The van der Waals surface area contributed by atoms with E-state index in [2.05, 4.69) is 4.74 Å². The van der Waals surface area contributed by atoms with Crippen molar-refractivity contribution in [3.63, 3.8) is 0 Å². The van der Waals surface area contributed by atoms with Crippen LogP contribution in [0.25, 0.3) is 0 Å². The fourth-order valence-electron chi connectivity index (χ4n) is 1.01. The number of carbonyl (C=O) groups excluding carboxylic acids is 2. The number of carbonyl (C=O) groups is 2. The summed E-state index contributed by atoms with van der Waals surface area (Å²) in [7, 11) is 0. The van der Waals surface area contributed by atoms with Crippen molar-refractivity contribution in [1.29, 1.82) is 0 Å². The molecule has 0 radical (unpaired) electrons. The topological polar surface area (TPSA) is 72.8 Å². The van der Waals surface area contributed by atoms with E-state index in [4.69, 9.17) is 9.84 Å². The molecule has 1 N–H and O–H groups in total. The van der Waals surface area contributed by atoms with Gasteiger partial charge in [-0.15, -0.1) is 0 Å². The SMILES string of the molecule is CC1CC(OC(=O)CO)C(=O)O1. The summed E-state index contributed by atoms with van der Waals surface area (Å²) in [4.78, 5) is 21.4. The monoisotopic (exact) mass is 174 g/mol. The minimum atomic E-state index is -0.834. The highest BCUT2D eigenvalue weighted by molar-refractivity contribution is 5.81. The van der Waals surface area contributed by atoms with Gasteiger partial charge < -0.3 is 14.6 Å². The number of ether oxygens (including phenoxy) is 2. The van der Waals surface area contributed by atoms with Crippen molar-refractivity contribution in [2.24, 2.45) is 0 Å². The number of aliphatic hydroxyl groups excluding tert-OH is 1. The zero-order chi connectivity index (χ0) is 9.14. The van der Waals surface area contributed by atoms with E-state index in [9.17, 15) is 9.59 Å². The van der Waals surface area contributed by atoms with E-state index < -0.39 is 24.6 Å². The zero-order valence-electron chi connectivity index (χ0n) is 6.65. The Morgan fingerprint density at radius 1 is 1.83 bits per heavy atom. The Bertz CT molecular complexity index is 200. The summed E-state index contributed by atoms with van der Waals surface area (Å²) < 4.78 is 9.30. The van der Waals surface area contributed by atoms with Crippen LogP contribution < -0.4 is 0 Å². The number of hydrogen-bond donors (Lipinski definition) is 1. The van der Waals surface area contributed by atoms with Gasteiger partial charge in [0.2, 0.25) is 6.10 Å². The molecule has 1 rings (SSSR count). The maximum atomic E-state index is 10.9. The van der Waals surface area contributed by atoms with E-state index in [1.165, 1.54) is 0 Å². The first-order chi connectivity index (χ1) is 5.63. The summed E-state index contributed by atoms with van der Waals surface area (Å²) in [5.74, 6) is -1.34. The number of aliphatic hydroxyl groups is 1. The van der Waals surface area contributed by atoms with Crippen molar-refractivity contribution in [3.8, 4) is 0 Å². The highest BCUT2D eigenvalue weighted by Gasteiger charge is 2.34. The van der Waals surface area contributed by atoms with Crippen LogP contribution in [-0.4, -0.2) is 35.9 Å². The van der Waals surface area contributed by atoms with Crippen molar-refractivity contribution >= 4 is 11.9 Å². The van der Waals surface area contributed by atoms with Crippen LogP contribution in [0.5, 0.6) is 0 Å². The van der Waals surface area contributed by atoms with E-state index in [0.29, 0.717) is 6.42 Å². The molecule has 1 aliphatic rings. The van der Waals surface area contributed by atoms with Gasteiger partial charge in [0.05, 0.1) is 0 Å². The lowest BCUT2D eigenvalue weighted by molar-refractivity contribution is -0.162. The van der Waals surface area contributed by atoms with Gasteiger partial charge in [0.1, 0.15) is 12.7 Å². The first-order valence-corrected chi connectivity index (χ1v) is 3.64. The van der Waals surface area contributed by atoms with Gasteiger partial charge in [0, 0.05) is 6.42 Å². The summed E-state index contributed by atoms with van der Waals surface area (Å²) in [6.07, 6.45) is -0.682. The number of esters is 2. The summed E-state index contributed by atoms with van der Waals surface area (Å²) in [5, 5.41) is 8.32. The van der Waals surface area contributed by atoms with Crippen LogP contribution in [0.1, 0.15) is 13.3 Å². The average Bonchev–Trinajstić information content (AvgIpc) is 2.30. The maximum absolute atomic E-state index is 10.9. The first kappa shape index (κ1) is 8.99. The van der Waals surface area contributed by atoms with Gasteiger partial charge in [0.15, 0.2) is 0 Å². The van der Waals surface area contributed by atoms with Gasteiger partial charge in [-0.1, -0.05) is 0 Å². The molecule has 0 aliphatic carbocycles. The van der Waals surface area contributed by atoms with Gasteiger partial charge in [-0.3, -0.25) is 0 Å². The molecular weight excluding hydrogens is 164 g/mol. The fraction of sp³-hybridized carbons (Fsp3) is 0.714. The number of hydrogen-bond acceptors (Lipinski definition) is 5. The average molecular weight is 174 g/mol. The highest BCUT2D eigenvalue weighted by Crippen LogP contribution is 2.16. The maximum Gasteiger partial charge on any atom is 0.347 e. The van der Waals surface area contributed by atoms with Gasteiger partial charge in [-0.2, -0.15) is 0 Å². The standard InChI is InChI=1S/C7H10O5/c1-4-2-5(7(10)11-4)12-6(9)3-8/h4-5,8H,2-3H2,1H3. The Labute approximate surface area is 69.3 Å². The van der Waals surface area contributed by atoms with Crippen LogP contribution in [0.4, 0.5) is 0 Å². The van der Waals surface area contributed by atoms with Gasteiger partial charge >= 0.3 is 11.9 Å². The third-order valence-corrected chi connectivity index (χ3v) is 1.53. The second-order valence-corrected chi connectivity index (χ2v) is 2.62. The zero-order valence-corrected chi connectivity index (χ0v) is 6.65. The van der Waals surface area contributed by atoms with Crippen LogP contribution in [-0.2, 0) is 19.1 Å². The molecule has 1 aliphatic heterocycles. The van der Waals surface area contributed by atoms with Gasteiger partial charge in [0.25, 0.3) is 0 Å². The summed E-state index contributed by atoms with van der Waals surface area (Å²) >= 11 is 0. The molecule has 1 fully saturated rings. The smallest absolute Gasteiger partial charge is 0.347 e. The molecule has 0 aromatic heterocycles. The Hall–Kier alpha value is -1.10. The van der Waals surface area contributed by atoms with Crippen molar-refractivity contribution in [1.82, 2.24) is 0 Å². The molecule has 0 saturated carbocycles. The van der Waals surface area contributed by atoms with Crippen LogP contribution in [0.3, 0.4) is 0 Å². The van der Waals surface area contributed by atoms with Crippen LogP contribution >= 0.6 is 0 Å². The summed E-state index contributed by atoms with van der Waals surface area (Å²) in [5.41, 5.74) is 0. The van der Waals surface area contributed by atoms with E-state index in [1.54, 1.807) is 6.92 Å². The second kappa shape index (κ2) is 3.53. The Kier molecular flexibility index (Phi) is 2.65. The fourth-order valence-corrected chi connectivity index (χ4v) is 1.01. The molecule has 2 atom stereocenters. The summed E-state index contributed by atoms with van der Waals surface area (Å²) in [6, 6.07) is 0. The van der Waals surface area contributed by atoms with E-state index in [0.717, 1.165) is 0 Å². The van der Waals surface area contributed by atoms with Crippen molar-refractivity contribution in [2.75, 3.05) is 6.61 Å². The molecular formula is C7H10O5. The van der Waals surface area contributed by atoms with Gasteiger partial charge in [-0.25, -0.2) is 9.59 Å². The molecule has 1 heterocycles. The predicted molar refractivity (Wildman–Crippen MR) is 37.1 cm³/mol. The normalized spacial score (nSPS) is 28.3. The molecule has 1 saturated heterocycles. The van der Waals surface area contributed by atoms with E-state index in [1.807, 2.05) is 0 Å². The molecule has 2 unspecified atom stereocenters. The third kappa shape index (κ3) is 1.94. The third-order valence-electron chi connectivity index (χ3n) is 1.53. The molecule has 0 aromatic carbocycles. The second-order valence-electron chi connectivity index (χ2n) is 2.62. The lowest BCUT2D eigenvalue weighted by Crippen LogP contribution is -2.24. The quantitative estimate of drug-likeness (QED) is 0.556. The predicted octanol–water partition coefficient (Wildman–Crippen LogP) is -0.774. The minimum absolute atomic E-state index is 0.214. The minimum Gasteiger partial charge on any atom is -0.460 e.